The summed E-state index contributed by atoms with van der Waals surface area (Å²) >= 11 is 7.57. The zero-order chi connectivity index (χ0) is 13.7. The second-order valence-electron chi connectivity index (χ2n) is 4.18. The molecule has 2 aromatic carbocycles. The summed E-state index contributed by atoms with van der Waals surface area (Å²) in [5, 5.41) is 0.720. The summed E-state index contributed by atoms with van der Waals surface area (Å²) in [4.78, 5) is 1.21. The van der Waals surface area contributed by atoms with E-state index in [-0.39, 0.29) is 0 Å². The largest absolute Gasteiger partial charge is 0.493 e. The van der Waals surface area contributed by atoms with Gasteiger partial charge in [-0.05, 0) is 48.9 Å². The molecule has 2 nitrogen and oxygen atoms in total. The fourth-order valence-electron chi connectivity index (χ4n) is 1.61. The molecule has 0 saturated heterocycles. The summed E-state index contributed by atoms with van der Waals surface area (Å²) in [5.41, 5.74) is 7.82. The van der Waals surface area contributed by atoms with Crippen LogP contribution in [0.2, 0.25) is 5.02 Å². The normalized spacial score (nSPS) is 10.4. The average Bonchev–Trinajstić information content (AvgIpc) is 2.40. The Morgan fingerprint density at radius 1 is 1.16 bits per heavy atom. The van der Waals surface area contributed by atoms with Gasteiger partial charge < -0.3 is 10.5 Å². The van der Waals surface area contributed by atoms with E-state index >= 15 is 0 Å². The molecule has 0 unspecified atom stereocenters. The number of anilines is 1. The highest BCUT2D eigenvalue weighted by Crippen LogP contribution is 2.24. The van der Waals surface area contributed by atoms with E-state index in [4.69, 9.17) is 22.1 Å². The van der Waals surface area contributed by atoms with E-state index in [1.807, 2.05) is 42.5 Å². The maximum absolute atomic E-state index is 5.81. The highest BCUT2D eigenvalue weighted by Gasteiger charge is 2.00. The van der Waals surface area contributed by atoms with Crippen LogP contribution in [0, 0.1) is 6.92 Å². The van der Waals surface area contributed by atoms with E-state index in [0.717, 1.165) is 22.2 Å². The third-order valence-corrected chi connectivity index (χ3v) is 4.01. The van der Waals surface area contributed by atoms with Crippen molar-refractivity contribution in [3.63, 3.8) is 0 Å². The fourth-order valence-corrected chi connectivity index (χ4v) is 2.64. The molecule has 0 fully saturated rings. The molecule has 2 aromatic rings. The summed E-state index contributed by atoms with van der Waals surface area (Å²) in [6.45, 7) is 2.74. The Labute approximate surface area is 122 Å². The van der Waals surface area contributed by atoms with Crippen molar-refractivity contribution in [3.8, 4) is 5.75 Å². The molecule has 0 aliphatic carbocycles. The van der Waals surface area contributed by atoms with Crippen LogP contribution in [0.4, 0.5) is 5.69 Å². The van der Waals surface area contributed by atoms with Crippen molar-refractivity contribution in [2.24, 2.45) is 0 Å². The van der Waals surface area contributed by atoms with Crippen LogP contribution in [0.5, 0.6) is 5.75 Å². The third-order valence-electron chi connectivity index (χ3n) is 2.64. The number of halogens is 1. The van der Waals surface area contributed by atoms with Crippen LogP contribution in [0.1, 0.15) is 5.56 Å². The Kier molecular flexibility index (Phi) is 5.00. The number of ether oxygens (including phenoxy) is 1. The lowest BCUT2D eigenvalue weighted by Crippen LogP contribution is -2.00. The van der Waals surface area contributed by atoms with Crippen molar-refractivity contribution >= 4 is 29.1 Å². The van der Waals surface area contributed by atoms with E-state index in [9.17, 15) is 0 Å². The minimum absolute atomic E-state index is 0.653. The lowest BCUT2D eigenvalue weighted by Gasteiger charge is -2.08. The Bertz CT molecular complexity index is 542. The zero-order valence-electron chi connectivity index (χ0n) is 10.7. The van der Waals surface area contributed by atoms with Crippen molar-refractivity contribution in [2.45, 2.75) is 11.8 Å². The highest BCUT2D eigenvalue weighted by molar-refractivity contribution is 7.99. The van der Waals surface area contributed by atoms with Gasteiger partial charge in [0.1, 0.15) is 5.75 Å². The summed E-state index contributed by atoms with van der Waals surface area (Å²) in [6.07, 6.45) is 0. The predicted octanol–water partition coefficient (Wildman–Crippen LogP) is 4.40. The Morgan fingerprint density at radius 3 is 2.63 bits per heavy atom. The van der Waals surface area contributed by atoms with Gasteiger partial charge in [0.25, 0.3) is 0 Å². The van der Waals surface area contributed by atoms with Gasteiger partial charge in [-0.3, -0.25) is 0 Å². The second kappa shape index (κ2) is 6.73. The van der Waals surface area contributed by atoms with Crippen molar-refractivity contribution in [1.82, 2.24) is 0 Å². The summed E-state index contributed by atoms with van der Waals surface area (Å²) in [6, 6.07) is 13.4. The maximum Gasteiger partial charge on any atom is 0.119 e. The topological polar surface area (TPSA) is 35.2 Å². The van der Waals surface area contributed by atoms with Crippen LogP contribution in [-0.2, 0) is 0 Å². The van der Waals surface area contributed by atoms with Crippen LogP contribution in [0.25, 0.3) is 0 Å². The second-order valence-corrected chi connectivity index (χ2v) is 5.75. The minimum Gasteiger partial charge on any atom is -0.493 e. The summed E-state index contributed by atoms with van der Waals surface area (Å²) in [7, 11) is 0. The SMILES string of the molecule is Cc1ccc(N)cc1SCCOc1ccc(Cl)cc1. The molecule has 2 rings (SSSR count). The van der Waals surface area contributed by atoms with E-state index in [1.165, 1.54) is 10.5 Å². The third kappa shape index (κ3) is 4.37. The minimum atomic E-state index is 0.653. The van der Waals surface area contributed by atoms with Gasteiger partial charge in [-0.1, -0.05) is 17.7 Å². The first-order valence-electron chi connectivity index (χ1n) is 6.02. The number of nitrogens with two attached hydrogens (primary N) is 1. The number of hydrogen-bond acceptors (Lipinski definition) is 3. The van der Waals surface area contributed by atoms with Gasteiger partial charge in [-0.15, -0.1) is 11.8 Å². The van der Waals surface area contributed by atoms with E-state index in [2.05, 4.69) is 6.92 Å². The quantitative estimate of drug-likeness (QED) is 0.504. The lowest BCUT2D eigenvalue weighted by molar-refractivity contribution is 0.344. The molecule has 4 heteroatoms. The smallest absolute Gasteiger partial charge is 0.119 e. The van der Waals surface area contributed by atoms with Crippen LogP contribution >= 0.6 is 23.4 Å². The van der Waals surface area contributed by atoms with Crippen LogP contribution in [-0.4, -0.2) is 12.4 Å². The lowest BCUT2D eigenvalue weighted by atomic mass is 10.2. The monoisotopic (exact) mass is 293 g/mol. The first kappa shape index (κ1) is 14.1. The van der Waals surface area contributed by atoms with Gasteiger partial charge in [0.15, 0.2) is 0 Å². The molecule has 0 aromatic heterocycles. The molecule has 100 valence electrons. The Hall–Kier alpha value is -1.32. The molecular weight excluding hydrogens is 278 g/mol. The summed E-state index contributed by atoms with van der Waals surface area (Å²) in [5.74, 6) is 1.72. The fraction of sp³-hybridized carbons (Fsp3) is 0.200. The maximum atomic E-state index is 5.81. The van der Waals surface area contributed by atoms with Gasteiger partial charge >= 0.3 is 0 Å². The molecule has 0 amide bonds. The van der Waals surface area contributed by atoms with Crippen LogP contribution in [0.15, 0.2) is 47.4 Å². The number of benzene rings is 2. The molecule has 19 heavy (non-hydrogen) atoms. The average molecular weight is 294 g/mol. The molecule has 0 spiro atoms. The van der Waals surface area contributed by atoms with Gasteiger partial charge in [0.05, 0.1) is 6.61 Å². The standard InChI is InChI=1S/C15H16ClNOS/c1-11-2-5-13(17)10-15(11)19-9-8-18-14-6-3-12(16)4-7-14/h2-7,10H,8-9,17H2,1H3. The molecule has 0 heterocycles. The molecule has 0 aliphatic rings. The number of rotatable bonds is 5. The molecule has 2 N–H and O–H groups in total. The van der Waals surface area contributed by atoms with Crippen LogP contribution in [0.3, 0.4) is 0 Å². The van der Waals surface area contributed by atoms with E-state index < -0.39 is 0 Å². The first-order chi connectivity index (χ1) is 9.15. The molecule has 0 radical (unpaired) electrons. The van der Waals surface area contributed by atoms with E-state index in [0.29, 0.717) is 6.61 Å². The Balaban J connectivity index is 1.80. The van der Waals surface area contributed by atoms with Gasteiger partial charge in [0.2, 0.25) is 0 Å². The molecule has 0 aliphatic heterocycles. The van der Waals surface area contributed by atoms with Crippen molar-refractivity contribution < 1.29 is 4.74 Å². The number of thioether (sulfide) groups is 1. The molecule has 0 atom stereocenters. The van der Waals surface area contributed by atoms with Crippen molar-refractivity contribution in [2.75, 3.05) is 18.1 Å². The van der Waals surface area contributed by atoms with E-state index in [1.54, 1.807) is 11.8 Å². The number of hydrogen-bond donors (Lipinski definition) is 1. The predicted molar refractivity (Wildman–Crippen MR) is 83.3 cm³/mol. The summed E-state index contributed by atoms with van der Waals surface area (Å²) < 4.78 is 5.64. The van der Waals surface area contributed by atoms with Crippen LogP contribution < -0.4 is 10.5 Å². The first-order valence-corrected chi connectivity index (χ1v) is 7.39. The number of aryl methyl sites for hydroxylation is 1. The zero-order valence-corrected chi connectivity index (χ0v) is 12.3. The highest BCUT2D eigenvalue weighted by atomic mass is 35.5. The van der Waals surface area contributed by atoms with Crippen molar-refractivity contribution in [3.05, 3.63) is 53.1 Å². The van der Waals surface area contributed by atoms with Gasteiger partial charge in [-0.2, -0.15) is 0 Å². The van der Waals surface area contributed by atoms with Gasteiger partial charge in [-0.25, -0.2) is 0 Å². The Morgan fingerprint density at radius 2 is 1.89 bits per heavy atom. The molecule has 0 saturated carbocycles. The molecule has 0 bridgehead atoms. The molecular formula is C15H16ClNOS. The van der Waals surface area contributed by atoms with Crippen molar-refractivity contribution in [1.29, 1.82) is 0 Å². The number of nitrogen functional groups attached to an aromatic ring is 1. The van der Waals surface area contributed by atoms with Gasteiger partial charge in [0, 0.05) is 21.4 Å².